The Hall–Kier alpha value is -2.35. The molecule has 0 bridgehead atoms. The quantitative estimate of drug-likeness (QED) is 0.457. The first kappa shape index (κ1) is 10.6. The zero-order valence-corrected chi connectivity index (χ0v) is 10.9. The van der Waals surface area contributed by atoms with Gasteiger partial charge in [-0.05, 0) is 23.8 Å². The molecule has 0 aliphatic carbocycles. The van der Waals surface area contributed by atoms with Crippen LogP contribution < -0.4 is 4.68 Å². The molecular formula is C17H15N2+. The van der Waals surface area contributed by atoms with Crippen molar-refractivity contribution in [2.75, 3.05) is 0 Å². The molecule has 2 heteroatoms. The molecule has 0 unspecified atom stereocenters. The van der Waals surface area contributed by atoms with Gasteiger partial charge in [-0.3, -0.25) is 0 Å². The summed E-state index contributed by atoms with van der Waals surface area (Å²) in [6, 6.07) is 21.5. The van der Waals surface area contributed by atoms with E-state index in [1.807, 2.05) is 0 Å². The molecule has 92 valence electrons. The summed E-state index contributed by atoms with van der Waals surface area (Å²) in [5, 5.41) is 0. The summed E-state index contributed by atoms with van der Waals surface area (Å²) in [7, 11) is 2.13. The van der Waals surface area contributed by atoms with E-state index in [2.05, 4.69) is 77.1 Å². The summed E-state index contributed by atoms with van der Waals surface area (Å²) >= 11 is 0. The molecule has 0 spiro atoms. The summed E-state index contributed by atoms with van der Waals surface area (Å²) in [6.45, 7) is 0. The standard InChI is InChI=1S/C17H15N2/c1-18-17(13-7-3-2-4-8-13)12-15-11-14-9-5-6-10-16(14)19(15)18/h2-10,12H,11H2,1H3/q+1. The minimum Gasteiger partial charge on any atom is -0.124 e. The highest BCUT2D eigenvalue weighted by atomic mass is 15.4. The van der Waals surface area contributed by atoms with Gasteiger partial charge in [0.05, 0.1) is 5.69 Å². The first-order chi connectivity index (χ1) is 9.34. The number of rotatable bonds is 1. The fourth-order valence-electron chi connectivity index (χ4n) is 3.00. The van der Waals surface area contributed by atoms with Crippen LogP contribution >= 0.6 is 0 Å². The van der Waals surface area contributed by atoms with Crippen LogP contribution in [0.15, 0.2) is 60.7 Å². The molecule has 1 aromatic heterocycles. The molecule has 0 fully saturated rings. The highest BCUT2D eigenvalue weighted by molar-refractivity contribution is 5.59. The van der Waals surface area contributed by atoms with Gasteiger partial charge in [0.25, 0.3) is 0 Å². The summed E-state index contributed by atoms with van der Waals surface area (Å²) in [4.78, 5) is 0. The van der Waals surface area contributed by atoms with Gasteiger partial charge >= 0.3 is 0 Å². The van der Waals surface area contributed by atoms with E-state index in [-0.39, 0.29) is 0 Å². The normalized spacial score (nSPS) is 12.3. The van der Waals surface area contributed by atoms with Crippen LogP contribution in [0.1, 0.15) is 11.3 Å². The van der Waals surface area contributed by atoms with E-state index >= 15 is 0 Å². The van der Waals surface area contributed by atoms with Crippen molar-refractivity contribution in [2.24, 2.45) is 7.05 Å². The van der Waals surface area contributed by atoms with Gasteiger partial charge in [0.2, 0.25) is 5.69 Å². The SMILES string of the molecule is C[n+]1c(-c2ccccc2)cc2n1-c1ccccc1C2. The number of aromatic nitrogens is 2. The lowest BCUT2D eigenvalue weighted by Gasteiger charge is -2.01. The van der Waals surface area contributed by atoms with Crippen molar-refractivity contribution in [2.45, 2.75) is 6.42 Å². The second-order valence-electron chi connectivity index (χ2n) is 5.03. The lowest BCUT2D eigenvalue weighted by atomic mass is 10.1. The molecule has 2 nitrogen and oxygen atoms in total. The van der Waals surface area contributed by atoms with Crippen molar-refractivity contribution < 1.29 is 4.68 Å². The summed E-state index contributed by atoms with van der Waals surface area (Å²) < 4.78 is 4.56. The van der Waals surface area contributed by atoms with Crippen LogP contribution in [0.3, 0.4) is 0 Å². The van der Waals surface area contributed by atoms with Crippen molar-refractivity contribution in [1.82, 2.24) is 4.68 Å². The van der Waals surface area contributed by atoms with E-state index in [4.69, 9.17) is 0 Å². The molecule has 0 saturated heterocycles. The molecule has 2 heterocycles. The van der Waals surface area contributed by atoms with E-state index in [1.54, 1.807) is 0 Å². The molecule has 19 heavy (non-hydrogen) atoms. The molecule has 0 atom stereocenters. The van der Waals surface area contributed by atoms with Crippen LogP contribution in [0, 0.1) is 0 Å². The number of hydrogen-bond acceptors (Lipinski definition) is 0. The van der Waals surface area contributed by atoms with Crippen LogP contribution in [-0.4, -0.2) is 4.68 Å². The number of hydrogen-bond donors (Lipinski definition) is 0. The van der Waals surface area contributed by atoms with E-state index in [0.29, 0.717) is 0 Å². The monoisotopic (exact) mass is 247 g/mol. The van der Waals surface area contributed by atoms with Gasteiger partial charge < -0.3 is 0 Å². The smallest absolute Gasteiger partial charge is 0.124 e. The Morgan fingerprint density at radius 2 is 1.68 bits per heavy atom. The second kappa shape index (κ2) is 3.82. The highest BCUT2D eigenvalue weighted by Gasteiger charge is 2.28. The summed E-state index contributed by atoms with van der Waals surface area (Å²) in [5.41, 5.74) is 6.62. The summed E-state index contributed by atoms with van der Waals surface area (Å²) in [6.07, 6.45) is 1.02. The van der Waals surface area contributed by atoms with Crippen LogP contribution in [0.25, 0.3) is 16.9 Å². The van der Waals surface area contributed by atoms with Gasteiger partial charge in [0, 0.05) is 18.1 Å². The maximum Gasteiger partial charge on any atom is 0.239 e. The third-order valence-corrected chi connectivity index (χ3v) is 3.88. The van der Waals surface area contributed by atoms with Gasteiger partial charge in [-0.15, -0.1) is 9.36 Å². The Balaban J connectivity index is 1.94. The topological polar surface area (TPSA) is 8.81 Å². The summed E-state index contributed by atoms with van der Waals surface area (Å²) in [5.74, 6) is 0. The van der Waals surface area contributed by atoms with E-state index in [1.165, 1.54) is 28.2 Å². The third-order valence-electron chi connectivity index (χ3n) is 3.88. The molecule has 1 aliphatic rings. The molecule has 2 aromatic carbocycles. The van der Waals surface area contributed by atoms with Crippen molar-refractivity contribution >= 4 is 0 Å². The predicted octanol–water partition coefficient (Wildman–Crippen LogP) is 2.87. The number of para-hydroxylation sites is 1. The maximum absolute atomic E-state index is 2.32. The Labute approximate surface area is 112 Å². The van der Waals surface area contributed by atoms with E-state index in [9.17, 15) is 0 Å². The van der Waals surface area contributed by atoms with Gasteiger partial charge in [0.1, 0.15) is 5.69 Å². The molecule has 0 N–H and O–H groups in total. The van der Waals surface area contributed by atoms with Crippen molar-refractivity contribution in [1.29, 1.82) is 0 Å². The fraction of sp³-hybridized carbons (Fsp3) is 0.118. The average molecular weight is 247 g/mol. The Morgan fingerprint density at radius 1 is 0.947 bits per heavy atom. The molecular weight excluding hydrogens is 232 g/mol. The van der Waals surface area contributed by atoms with Crippen molar-refractivity contribution in [3.8, 4) is 16.9 Å². The first-order valence-corrected chi connectivity index (χ1v) is 6.59. The molecule has 0 amide bonds. The lowest BCUT2D eigenvalue weighted by Crippen LogP contribution is -2.39. The lowest BCUT2D eigenvalue weighted by molar-refractivity contribution is -0.734. The maximum atomic E-state index is 2.32. The Morgan fingerprint density at radius 3 is 2.53 bits per heavy atom. The average Bonchev–Trinajstić information content (AvgIpc) is 2.97. The van der Waals surface area contributed by atoms with Crippen molar-refractivity contribution in [3.05, 3.63) is 71.9 Å². The minimum atomic E-state index is 1.02. The molecule has 4 rings (SSSR count). The fourth-order valence-corrected chi connectivity index (χ4v) is 3.00. The highest BCUT2D eigenvalue weighted by Crippen LogP contribution is 2.29. The Kier molecular flexibility index (Phi) is 2.12. The minimum absolute atomic E-state index is 1.02. The van der Waals surface area contributed by atoms with Crippen LogP contribution in [0.2, 0.25) is 0 Å². The zero-order chi connectivity index (χ0) is 12.8. The van der Waals surface area contributed by atoms with E-state index < -0.39 is 0 Å². The van der Waals surface area contributed by atoms with Crippen LogP contribution in [0.5, 0.6) is 0 Å². The molecule has 3 aromatic rings. The number of fused-ring (bicyclic) bond motifs is 3. The Bertz CT molecular complexity index is 754. The van der Waals surface area contributed by atoms with Gasteiger partial charge in [-0.25, -0.2) is 0 Å². The molecule has 0 saturated carbocycles. The van der Waals surface area contributed by atoms with Crippen LogP contribution in [0.4, 0.5) is 0 Å². The number of benzene rings is 2. The third kappa shape index (κ3) is 1.46. The largest absolute Gasteiger partial charge is 0.239 e. The number of nitrogens with zero attached hydrogens (tertiary/aromatic N) is 2. The first-order valence-electron chi connectivity index (χ1n) is 6.59. The van der Waals surface area contributed by atoms with Crippen molar-refractivity contribution in [3.63, 3.8) is 0 Å². The van der Waals surface area contributed by atoms with E-state index in [0.717, 1.165) is 6.42 Å². The van der Waals surface area contributed by atoms with Gasteiger partial charge in [-0.2, -0.15) is 0 Å². The van der Waals surface area contributed by atoms with Gasteiger partial charge in [-0.1, -0.05) is 36.4 Å². The molecule has 0 radical (unpaired) electrons. The predicted molar refractivity (Wildman–Crippen MR) is 75.2 cm³/mol. The van der Waals surface area contributed by atoms with Crippen LogP contribution in [-0.2, 0) is 13.5 Å². The second-order valence-corrected chi connectivity index (χ2v) is 5.03. The zero-order valence-electron chi connectivity index (χ0n) is 10.9. The van der Waals surface area contributed by atoms with Gasteiger partial charge in [0.15, 0.2) is 7.05 Å². The molecule has 1 aliphatic heterocycles.